The molecule has 2 rings (SSSR count). The summed E-state index contributed by atoms with van der Waals surface area (Å²) in [6.07, 6.45) is -4.02. The van der Waals surface area contributed by atoms with Crippen LogP contribution in [0.1, 0.15) is 29.8 Å². The van der Waals surface area contributed by atoms with Gasteiger partial charge in [0.15, 0.2) is 0 Å². The molecule has 12 heteroatoms. The van der Waals surface area contributed by atoms with Gasteiger partial charge in [-0.15, -0.1) is 0 Å². The monoisotopic (exact) mass is 459 g/mol. The Morgan fingerprint density at radius 1 is 1.22 bits per heavy atom. The summed E-state index contributed by atoms with van der Waals surface area (Å²) in [7, 11) is 2.81. The lowest BCUT2D eigenvalue weighted by atomic mass is 10.1. The molecule has 0 aliphatic carbocycles. The molecule has 0 fully saturated rings. The molecule has 32 heavy (non-hydrogen) atoms. The summed E-state index contributed by atoms with van der Waals surface area (Å²) in [5.41, 5.74) is -1.20. The van der Waals surface area contributed by atoms with Gasteiger partial charge in [0.05, 0.1) is 25.0 Å². The zero-order chi connectivity index (χ0) is 23.9. The SMILES string of the molecule is CCNc1nc(Nc2cc(F)c(C(=O)N(CC)CCOC)cc2OC)ncc1C(F)(F)F. The molecule has 0 saturated heterocycles. The highest BCUT2D eigenvalue weighted by Gasteiger charge is 2.35. The first-order valence-corrected chi connectivity index (χ1v) is 9.77. The second-order valence-corrected chi connectivity index (χ2v) is 6.52. The highest BCUT2D eigenvalue weighted by molar-refractivity contribution is 5.95. The molecule has 1 aromatic carbocycles. The zero-order valence-electron chi connectivity index (χ0n) is 18.1. The Morgan fingerprint density at radius 3 is 2.50 bits per heavy atom. The Kier molecular flexibility index (Phi) is 8.58. The van der Waals surface area contributed by atoms with Crippen molar-refractivity contribution in [3.05, 3.63) is 35.3 Å². The minimum absolute atomic E-state index is 0.0451. The average molecular weight is 459 g/mol. The summed E-state index contributed by atoms with van der Waals surface area (Å²) in [5, 5.41) is 5.18. The van der Waals surface area contributed by atoms with Crippen molar-refractivity contribution < 1.29 is 31.8 Å². The molecule has 2 N–H and O–H groups in total. The van der Waals surface area contributed by atoms with Gasteiger partial charge in [-0.2, -0.15) is 18.2 Å². The van der Waals surface area contributed by atoms with Gasteiger partial charge in [0, 0.05) is 39.0 Å². The summed E-state index contributed by atoms with van der Waals surface area (Å²) >= 11 is 0. The number of carbonyl (C=O) groups excluding carboxylic acids is 1. The van der Waals surface area contributed by atoms with Crippen molar-refractivity contribution in [2.75, 3.05) is 51.1 Å². The number of nitrogens with zero attached hydrogens (tertiary/aromatic N) is 3. The molecule has 1 amide bonds. The molecule has 0 unspecified atom stereocenters. The molecule has 8 nitrogen and oxygen atoms in total. The highest BCUT2D eigenvalue weighted by atomic mass is 19.4. The van der Waals surface area contributed by atoms with E-state index < -0.39 is 29.3 Å². The van der Waals surface area contributed by atoms with Crippen LogP contribution in [0, 0.1) is 5.82 Å². The molecule has 0 bridgehead atoms. The van der Waals surface area contributed by atoms with Crippen molar-refractivity contribution in [1.29, 1.82) is 0 Å². The van der Waals surface area contributed by atoms with Crippen LogP contribution in [-0.4, -0.2) is 61.2 Å². The normalized spacial score (nSPS) is 11.2. The lowest BCUT2D eigenvalue weighted by molar-refractivity contribution is -0.137. The zero-order valence-corrected chi connectivity index (χ0v) is 18.1. The van der Waals surface area contributed by atoms with Crippen LogP contribution in [0.25, 0.3) is 0 Å². The topological polar surface area (TPSA) is 88.6 Å². The fourth-order valence-electron chi connectivity index (χ4n) is 2.83. The van der Waals surface area contributed by atoms with E-state index in [9.17, 15) is 22.4 Å². The number of methoxy groups -OCH3 is 2. The third-order valence-corrected chi connectivity index (χ3v) is 4.44. The standard InChI is InChI=1S/C20H25F4N5O3/c1-5-25-17-13(20(22,23)24)11-26-19(28-17)27-15-10-14(21)12(9-16(15)32-4)18(30)29(6-2)7-8-31-3/h9-11H,5-8H2,1-4H3,(H2,25,26,27,28). The number of hydrogen-bond acceptors (Lipinski definition) is 7. The summed E-state index contributed by atoms with van der Waals surface area (Å²) in [5.74, 6) is -1.92. The maximum Gasteiger partial charge on any atom is 0.421 e. The van der Waals surface area contributed by atoms with Crippen LogP contribution >= 0.6 is 0 Å². The highest BCUT2D eigenvalue weighted by Crippen LogP contribution is 2.35. The van der Waals surface area contributed by atoms with Crippen LogP contribution in [0.2, 0.25) is 0 Å². The number of ether oxygens (including phenoxy) is 2. The van der Waals surface area contributed by atoms with E-state index >= 15 is 0 Å². The Labute approximate surface area is 182 Å². The average Bonchev–Trinajstić information content (AvgIpc) is 2.74. The molecule has 0 aliphatic rings. The van der Waals surface area contributed by atoms with E-state index in [-0.39, 0.29) is 42.6 Å². The van der Waals surface area contributed by atoms with Gasteiger partial charge in [-0.1, -0.05) is 0 Å². The van der Waals surface area contributed by atoms with Crippen LogP contribution < -0.4 is 15.4 Å². The van der Waals surface area contributed by atoms with Crippen molar-refractivity contribution in [2.45, 2.75) is 20.0 Å². The maximum atomic E-state index is 14.8. The first-order chi connectivity index (χ1) is 15.2. The summed E-state index contributed by atoms with van der Waals surface area (Å²) < 4.78 is 64.4. The number of nitrogens with one attached hydrogen (secondary N) is 2. The number of halogens is 4. The van der Waals surface area contributed by atoms with E-state index in [1.54, 1.807) is 13.8 Å². The van der Waals surface area contributed by atoms with Gasteiger partial charge in [-0.3, -0.25) is 4.79 Å². The summed E-state index contributed by atoms with van der Waals surface area (Å²) in [6.45, 7) is 4.48. The van der Waals surface area contributed by atoms with Gasteiger partial charge < -0.3 is 25.0 Å². The molecular formula is C20H25F4N5O3. The van der Waals surface area contributed by atoms with E-state index in [1.807, 2.05) is 0 Å². The number of rotatable bonds is 10. The molecule has 0 radical (unpaired) electrons. The van der Waals surface area contributed by atoms with E-state index in [0.717, 1.165) is 6.07 Å². The number of benzene rings is 1. The second kappa shape index (κ2) is 10.9. The van der Waals surface area contributed by atoms with E-state index in [0.29, 0.717) is 12.7 Å². The molecule has 0 saturated carbocycles. The van der Waals surface area contributed by atoms with Gasteiger partial charge in [0.25, 0.3) is 5.91 Å². The third kappa shape index (κ3) is 5.96. The van der Waals surface area contributed by atoms with Crippen molar-refractivity contribution >= 4 is 23.4 Å². The van der Waals surface area contributed by atoms with E-state index in [4.69, 9.17) is 9.47 Å². The lowest BCUT2D eigenvalue weighted by Gasteiger charge is -2.21. The van der Waals surface area contributed by atoms with Crippen molar-refractivity contribution in [1.82, 2.24) is 14.9 Å². The van der Waals surface area contributed by atoms with Crippen LogP contribution in [0.4, 0.5) is 35.0 Å². The van der Waals surface area contributed by atoms with Crippen LogP contribution in [0.5, 0.6) is 5.75 Å². The molecule has 0 atom stereocenters. The summed E-state index contributed by atoms with van der Waals surface area (Å²) in [6, 6.07) is 2.22. The Balaban J connectivity index is 2.38. The van der Waals surface area contributed by atoms with Gasteiger partial charge in [0.2, 0.25) is 5.95 Å². The third-order valence-electron chi connectivity index (χ3n) is 4.44. The molecule has 0 aliphatic heterocycles. The van der Waals surface area contributed by atoms with Crippen LogP contribution in [-0.2, 0) is 10.9 Å². The Bertz CT molecular complexity index is 940. The predicted octanol–water partition coefficient (Wildman–Crippen LogP) is 3.93. The van der Waals surface area contributed by atoms with E-state index in [1.165, 1.54) is 25.2 Å². The molecule has 1 heterocycles. The van der Waals surface area contributed by atoms with Crippen LogP contribution in [0.3, 0.4) is 0 Å². The number of hydrogen-bond donors (Lipinski definition) is 2. The first kappa shape index (κ1) is 25.1. The minimum atomic E-state index is -4.64. The molecule has 2 aromatic rings. The number of alkyl halides is 3. The van der Waals surface area contributed by atoms with Crippen molar-refractivity contribution in [3.8, 4) is 5.75 Å². The number of anilines is 3. The second-order valence-electron chi connectivity index (χ2n) is 6.52. The molecule has 0 spiro atoms. The molecular weight excluding hydrogens is 434 g/mol. The van der Waals surface area contributed by atoms with Crippen LogP contribution in [0.15, 0.2) is 18.3 Å². The van der Waals surface area contributed by atoms with Crippen molar-refractivity contribution in [3.63, 3.8) is 0 Å². The lowest BCUT2D eigenvalue weighted by Crippen LogP contribution is -2.34. The number of amides is 1. The fourth-order valence-corrected chi connectivity index (χ4v) is 2.83. The first-order valence-electron chi connectivity index (χ1n) is 9.77. The van der Waals surface area contributed by atoms with Crippen molar-refractivity contribution in [2.24, 2.45) is 0 Å². The van der Waals surface area contributed by atoms with Gasteiger partial charge in [-0.05, 0) is 19.9 Å². The van der Waals surface area contributed by atoms with Gasteiger partial charge in [0.1, 0.15) is 22.9 Å². The number of likely N-dealkylation sites (N-methyl/N-ethyl adjacent to an activating group) is 1. The smallest absolute Gasteiger partial charge is 0.421 e. The Morgan fingerprint density at radius 2 is 1.94 bits per heavy atom. The number of aromatic nitrogens is 2. The maximum absolute atomic E-state index is 14.8. The molecule has 1 aromatic heterocycles. The van der Waals surface area contributed by atoms with Gasteiger partial charge in [-0.25, -0.2) is 9.37 Å². The van der Waals surface area contributed by atoms with E-state index in [2.05, 4.69) is 20.6 Å². The minimum Gasteiger partial charge on any atom is -0.495 e. The summed E-state index contributed by atoms with van der Waals surface area (Å²) in [4.78, 5) is 21.6. The van der Waals surface area contributed by atoms with Gasteiger partial charge >= 0.3 is 6.18 Å². The Hall–Kier alpha value is -3.15. The largest absolute Gasteiger partial charge is 0.495 e. The predicted molar refractivity (Wildman–Crippen MR) is 111 cm³/mol. The number of carbonyl (C=O) groups is 1. The fraction of sp³-hybridized carbons (Fsp3) is 0.450. The quantitative estimate of drug-likeness (QED) is 0.521. The molecule has 176 valence electrons.